The lowest BCUT2D eigenvalue weighted by atomic mass is 9.84. The zero-order valence-corrected chi connectivity index (χ0v) is 22.4. The fourth-order valence-corrected chi connectivity index (χ4v) is 5.78. The second kappa shape index (κ2) is 10.5. The number of rotatable bonds is 4. The van der Waals surface area contributed by atoms with Crippen molar-refractivity contribution in [2.45, 2.75) is 24.4 Å². The number of nitrogens with zero attached hydrogens (tertiary/aromatic N) is 3. The molecule has 0 aliphatic carbocycles. The van der Waals surface area contributed by atoms with Crippen LogP contribution in [0.5, 0.6) is 0 Å². The van der Waals surface area contributed by atoms with Crippen molar-refractivity contribution < 1.29 is 9.59 Å². The Balaban J connectivity index is 1.20. The van der Waals surface area contributed by atoms with Gasteiger partial charge in [0.15, 0.2) is 0 Å². The molecule has 4 N–H and O–H groups in total. The van der Waals surface area contributed by atoms with Crippen LogP contribution in [0.4, 0.5) is 22.9 Å². The number of hydrogen-bond acceptors (Lipinski definition) is 6. The van der Waals surface area contributed by atoms with Crippen LogP contribution in [0.2, 0.25) is 0 Å². The molecule has 8 nitrogen and oxygen atoms in total. The summed E-state index contributed by atoms with van der Waals surface area (Å²) < 4.78 is 0. The molecule has 202 valence electrons. The molecule has 3 heterocycles. The van der Waals surface area contributed by atoms with E-state index < -0.39 is 5.54 Å². The van der Waals surface area contributed by atoms with Crippen LogP contribution in [0.25, 0.3) is 0 Å². The largest absolute Gasteiger partial charge is 0.397 e. The van der Waals surface area contributed by atoms with Crippen molar-refractivity contribution in [2.75, 3.05) is 41.0 Å². The van der Waals surface area contributed by atoms with Crippen molar-refractivity contribution >= 4 is 34.7 Å². The van der Waals surface area contributed by atoms with Gasteiger partial charge in [-0.15, -0.1) is 0 Å². The van der Waals surface area contributed by atoms with Crippen LogP contribution in [0, 0.1) is 0 Å². The van der Waals surface area contributed by atoms with Gasteiger partial charge >= 0.3 is 0 Å². The Kier molecular flexibility index (Phi) is 6.69. The van der Waals surface area contributed by atoms with Crippen LogP contribution in [-0.4, -0.2) is 42.5 Å². The third-order valence-electron chi connectivity index (χ3n) is 8.04. The molecule has 1 saturated heterocycles. The Hall–Kier alpha value is -4.69. The minimum absolute atomic E-state index is 0.0817. The van der Waals surface area contributed by atoms with Gasteiger partial charge in [-0.05, 0) is 54.3 Å². The molecule has 1 atom stereocenters. The lowest BCUT2D eigenvalue weighted by Crippen LogP contribution is -2.61. The summed E-state index contributed by atoms with van der Waals surface area (Å²) in [6.07, 6.45) is 2.84. The molecule has 1 aromatic heterocycles. The molecule has 2 aliphatic rings. The van der Waals surface area contributed by atoms with E-state index in [9.17, 15) is 9.59 Å². The molecule has 0 radical (unpaired) electrons. The standard InChI is InChI=1S/C32H32N6O2/c1-37-27-14-8-5-11-24(27)29(22-9-3-2-4-10-22)36-32(31(37)40)17-19-38(20-18-32)28-16-15-23(21-34-28)30(39)35-26-13-7-6-12-25(26)33/h2-16,21,29,36H,17-20,33H2,1H3,(H,35,39). The van der Waals surface area contributed by atoms with Gasteiger partial charge < -0.3 is 20.9 Å². The Morgan fingerprint density at radius 1 is 0.950 bits per heavy atom. The number of amides is 2. The van der Waals surface area contributed by atoms with Crippen LogP contribution < -0.4 is 26.2 Å². The van der Waals surface area contributed by atoms with Crippen molar-refractivity contribution in [1.82, 2.24) is 10.3 Å². The van der Waals surface area contributed by atoms with Crippen LogP contribution >= 0.6 is 0 Å². The van der Waals surface area contributed by atoms with Gasteiger partial charge in [0.25, 0.3) is 5.91 Å². The smallest absolute Gasteiger partial charge is 0.257 e. The van der Waals surface area contributed by atoms with Gasteiger partial charge in [-0.3, -0.25) is 14.9 Å². The van der Waals surface area contributed by atoms with E-state index in [1.54, 1.807) is 24.4 Å². The first-order valence-corrected chi connectivity index (χ1v) is 13.5. The summed E-state index contributed by atoms with van der Waals surface area (Å²) in [4.78, 5) is 35.3. The molecule has 8 heteroatoms. The third-order valence-corrected chi connectivity index (χ3v) is 8.04. The van der Waals surface area contributed by atoms with E-state index in [1.165, 1.54) is 0 Å². The van der Waals surface area contributed by atoms with Crippen molar-refractivity contribution in [3.8, 4) is 0 Å². The van der Waals surface area contributed by atoms with Gasteiger partial charge in [0.1, 0.15) is 11.4 Å². The van der Waals surface area contributed by atoms with E-state index in [2.05, 4.69) is 38.7 Å². The molecule has 2 aliphatic heterocycles. The third kappa shape index (κ3) is 4.67. The molecule has 4 aromatic rings. The number of nitrogen functional groups attached to an aromatic ring is 1. The van der Waals surface area contributed by atoms with Gasteiger partial charge in [-0.25, -0.2) is 4.98 Å². The fraction of sp³-hybridized carbons (Fsp3) is 0.219. The molecule has 2 amide bonds. The quantitative estimate of drug-likeness (QED) is 0.332. The summed E-state index contributed by atoms with van der Waals surface area (Å²) in [6, 6.07) is 29.1. The first kappa shape index (κ1) is 25.6. The second-order valence-corrected chi connectivity index (χ2v) is 10.4. The van der Waals surface area contributed by atoms with Gasteiger partial charge in [0.2, 0.25) is 5.91 Å². The Bertz CT molecular complexity index is 1530. The van der Waals surface area contributed by atoms with E-state index in [1.807, 2.05) is 66.5 Å². The molecule has 1 fully saturated rings. The molecule has 0 saturated carbocycles. The number of fused-ring (bicyclic) bond motifs is 1. The van der Waals surface area contributed by atoms with E-state index >= 15 is 0 Å². The van der Waals surface area contributed by atoms with Crippen LogP contribution in [0.1, 0.15) is 40.4 Å². The number of carbonyl (C=O) groups excluding carboxylic acids is 2. The highest BCUT2D eigenvalue weighted by atomic mass is 16.2. The molecular formula is C32H32N6O2. The highest BCUT2D eigenvalue weighted by Gasteiger charge is 2.47. The van der Waals surface area contributed by atoms with Crippen molar-refractivity contribution in [2.24, 2.45) is 0 Å². The summed E-state index contributed by atoms with van der Waals surface area (Å²) in [6.45, 7) is 1.31. The van der Waals surface area contributed by atoms with E-state index in [-0.39, 0.29) is 17.9 Å². The number of likely N-dealkylation sites (N-methyl/N-ethyl adjacent to an activating group) is 1. The first-order valence-electron chi connectivity index (χ1n) is 13.5. The second-order valence-electron chi connectivity index (χ2n) is 10.4. The maximum absolute atomic E-state index is 14.0. The summed E-state index contributed by atoms with van der Waals surface area (Å²) >= 11 is 0. The van der Waals surface area contributed by atoms with Crippen LogP contribution in [0.3, 0.4) is 0 Å². The van der Waals surface area contributed by atoms with Crippen LogP contribution in [-0.2, 0) is 4.79 Å². The van der Waals surface area contributed by atoms with Gasteiger partial charge in [0.05, 0.1) is 23.0 Å². The number of carbonyl (C=O) groups is 2. The topological polar surface area (TPSA) is 104 Å². The summed E-state index contributed by atoms with van der Waals surface area (Å²) in [5.41, 5.74) is 9.93. The molecule has 1 unspecified atom stereocenters. The van der Waals surface area contributed by atoms with E-state index in [4.69, 9.17) is 5.73 Å². The van der Waals surface area contributed by atoms with E-state index in [0.717, 1.165) is 22.6 Å². The Morgan fingerprint density at radius 3 is 2.38 bits per heavy atom. The maximum Gasteiger partial charge on any atom is 0.257 e. The Labute approximate surface area is 233 Å². The normalized spacial score (nSPS) is 18.2. The monoisotopic (exact) mass is 532 g/mol. The predicted octanol–water partition coefficient (Wildman–Crippen LogP) is 4.61. The summed E-state index contributed by atoms with van der Waals surface area (Å²) in [5.74, 6) is 0.596. The molecule has 40 heavy (non-hydrogen) atoms. The van der Waals surface area contributed by atoms with Gasteiger partial charge in [0, 0.05) is 32.0 Å². The average Bonchev–Trinajstić information content (AvgIpc) is 3.09. The number of anilines is 4. The number of pyridine rings is 1. The predicted molar refractivity (Wildman–Crippen MR) is 158 cm³/mol. The lowest BCUT2D eigenvalue weighted by molar-refractivity contribution is -0.125. The summed E-state index contributed by atoms with van der Waals surface area (Å²) in [5, 5.41) is 6.64. The number of aromatic nitrogens is 1. The van der Waals surface area contributed by atoms with Gasteiger partial charge in [-0.2, -0.15) is 0 Å². The average molecular weight is 533 g/mol. The van der Waals surface area contributed by atoms with Crippen molar-refractivity contribution in [3.05, 3.63) is 114 Å². The first-order chi connectivity index (χ1) is 19.4. The van der Waals surface area contributed by atoms with Gasteiger partial charge in [-0.1, -0.05) is 60.7 Å². The Morgan fingerprint density at radius 2 is 1.65 bits per heavy atom. The minimum Gasteiger partial charge on any atom is -0.397 e. The van der Waals surface area contributed by atoms with Crippen molar-refractivity contribution in [1.29, 1.82) is 0 Å². The highest BCUT2D eigenvalue weighted by Crippen LogP contribution is 2.40. The number of piperidine rings is 1. The number of benzene rings is 3. The SMILES string of the molecule is CN1C(=O)C2(CCN(c3ccc(C(=O)Nc4ccccc4N)cn3)CC2)NC(c2ccccc2)c2ccccc21. The van der Waals surface area contributed by atoms with E-state index in [0.29, 0.717) is 42.9 Å². The fourth-order valence-electron chi connectivity index (χ4n) is 5.78. The molecule has 0 bridgehead atoms. The number of nitrogens with one attached hydrogen (secondary N) is 2. The van der Waals surface area contributed by atoms with Crippen molar-refractivity contribution in [3.63, 3.8) is 0 Å². The van der Waals surface area contributed by atoms with Crippen LogP contribution in [0.15, 0.2) is 97.2 Å². The molecule has 3 aromatic carbocycles. The number of para-hydroxylation sites is 3. The zero-order chi connectivity index (χ0) is 27.7. The highest BCUT2D eigenvalue weighted by molar-refractivity contribution is 6.05. The minimum atomic E-state index is -0.708. The summed E-state index contributed by atoms with van der Waals surface area (Å²) in [7, 11) is 1.87. The number of hydrogen-bond donors (Lipinski definition) is 3. The lowest BCUT2D eigenvalue weighted by Gasteiger charge is -2.43. The number of nitrogens with two attached hydrogens (primary N) is 1. The molecular weight excluding hydrogens is 500 g/mol. The molecule has 6 rings (SSSR count). The maximum atomic E-state index is 14.0. The molecule has 1 spiro atoms. The zero-order valence-electron chi connectivity index (χ0n) is 22.4.